The van der Waals surface area contributed by atoms with Gasteiger partial charge in [-0.1, -0.05) is 0 Å². The Bertz CT molecular complexity index is 69.9. The van der Waals surface area contributed by atoms with E-state index in [4.69, 9.17) is 4.79 Å². The number of nitrogens with two attached hydrogens (primary N) is 1. The third-order valence-corrected chi connectivity index (χ3v) is 0.205. The first-order chi connectivity index (χ1) is 2.81. The Kier molecular flexibility index (Phi) is 1.99. The molecule has 0 saturated heterocycles. The van der Waals surface area contributed by atoms with Crippen LogP contribution in [0.5, 0.6) is 0 Å². The molecule has 0 heterocycles. The van der Waals surface area contributed by atoms with Crippen molar-refractivity contribution in [3.63, 3.8) is 0 Å². The molecule has 0 bridgehead atoms. The molecule has 6 heavy (non-hydrogen) atoms. The first-order valence-corrected chi connectivity index (χ1v) is 1.14. The lowest BCUT2D eigenvalue weighted by atomic mass is 10.7. The fourth-order valence-electron chi connectivity index (χ4n) is 0.0264. The summed E-state index contributed by atoms with van der Waals surface area (Å²) in [5.41, 5.74) is 2.44. The molecule has 2 radical (unpaired) electrons. The van der Waals surface area contributed by atoms with E-state index in [1.165, 1.54) is 0 Å². The minimum atomic E-state index is -1.06. The molecule has 0 fully saturated rings. The second kappa shape index (κ2) is 2.34. The van der Waals surface area contributed by atoms with E-state index in [0.29, 0.717) is 0 Å². The average molecular weight is 86.0 g/mol. The van der Waals surface area contributed by atoms with Gasteiger partial charge in [0.25, 0.3) is 6.29 Å². The van der Waals surface area contributed by atoms with Crippen molar-refractivity contribution >= 4 is 12.2 Å². The van der Waals surface area contributed by atoms with Gasteiger partial charge in [-0.3, -0.25) is 9.59 Å². The van der Waals surface area contributed by atoms with Gasteiger partial charge in [-0.2, -0.15) is 5.43 Å². The van der Waals surface area contributed by atoms with Crippen molar-refractivity contribution in [1.29, 1.82) is 0 Å². The Morgan fingerprint density at radius 2 is 2.33 bits per heavy atom. The molecule has 1 amide bonds. The zero-order valence-electron chi connectivity index (χ0n) is 2.84. The van der Waals surface area contributed by atoms with Gasteiger partial charge in [-0.05, 0) is 0 Å². The number of amides is 1. The Balaban J connectivity index is 3.23. The van der Waals surface area contributed by atoms with Crippen LogP contribution in [0.25, 0.3) is 0 Å². The van der Waals surface area contributed by atoms with Crippen LogP contribution < -0.4 is 11.3 Å². The van der Waals surface area contributed by atoms with E-state index in [9.17, 15) is 4.79 Å². The molecule has 32 valence electrons. The van der Waals surface area contributed by atoms with Gasteiger partial charge in [0.05, 0.1) is 0 Å². The van der Waals surface area contributed by atoms with Crippen molar-refractivity contribution in [3.05, 3.63) is 0 Å². The molecule has 0 rings (SSSR count). The summed E-state index contributed by atoms with van der Waals surface area (Å²) in [5.74, 6) is 3.24. The summed E-state index contributed by atoms with van der Waals surface area (Å²) >= 11 is 0. The van der Waals surface area contributed by atoms with Gasteiger partial charge in [-0.25, -0.2) is 5.84 Å². The number of carbonyl (C=O) groups excluding carboxylic acids is 2. The quantitative estimate of drug-likeness (QED) is 0.175. The summed E-state index contributed by atoms with van der Waals surface area (Å²) < 4.78 is 0. The van der Waals surface area contributed by atoms with E-state index < -0.39 is 5.91 Å². The molecule has 4 heteroatoms. The van der Waals surface area contributed by atoms with Crippen molar-refractivity contribution in [1.82, 2.24) is 5.43 Å². The average Bonchev–Trinajstić information content (AvgIpc) is 1.65. The third-order valence-electron chi connectivity index (χ3n) is 0.205. The molecule has 0 saturated carbocycles. The monoisotopic (exact) mass is 86.0 g/mol. The fraction of sp³-hybridized carbons (Fsp3) is 0. The van der Waals surface area contributed by atoms with Crippen LogP contribution >= 0.6 is 0 Å². The Labute approximate surface area is 34.3 Å². The highest BCUT2D eigenvalue weighted by Crippen LogP contribution is 1.43. The summed E-state index contributed by atoms with van der Waals surface area (Å²) in [6, 6.07) is 0. The first kappa shape index (κ1) is 5.10. The van der Waals surface area contributed by atoms with Gasteiger partial charge >= 0.3 is 5.91 Å². The van der Waals surface area contributed by atoms with Crippen molar-refractivity contribution in [2.75, 3.05) is 0 Å². The lowest BCUT2D eigenvalue weighted by Crippen LogP contribution is -2.22. The maximum atomic E-state index is 9.47. The van der Waals surface area contributed by atoms with Crippen molar-refractivity contribution in [2.45, 2.75) is 0 Å². The lowest BCUT2D eigenvalue weighted by Gasteiger charge is -1.72. The Morgan fingerprint density at radius 1 is 1.83 bits per heavy atom. The summed E-state index contributed by atoms with van der Waals surface area (Å²) in [7, 11) is 0. The van der Waals surface area contributed by atoms with Crippen LogP contribution in [0.2, 0.25) is 0 Å². The van der Waals surface area contributed by atoms with Crippen molar-refractivity contribution in [2.24, 2.45) is 5.84 Å². The van der Waals surface area contributed by atoms with Gasteiger partial charge in [0.15, 0.2) is 0 Å². The minimum absolute atomic E-state index is 0.934. The Hall–Kier alpha value is -0.900. The second-order valence-corrected chi connectivity index (χ2v) is 0.536. The molecule has 0 aliphatic carbocycles. The van der Waals surface area contributed by atoms with E-state index in [0.717, 1.165) is 6.29 Å². The van der Waals surface area contributed by atoms with Crippen LogP contribution in [0.3, 0.4) is 0 Å². The molecular formula is C2H2N2O2. The minimum Gasteiger partial charge on any atom is -0.279 e. The van der Waals surface area contributed by atoms with Crippen LogP contribution in [0.4, 0.5) is 0 Å². The van der Waals surface area contributed by atoms with E-state index in [-0.39, 0.29) is 0 Å². The number of hydrogen-bond acceptors (Lipinski definition) is 3. The van der Waals surface area contributed by atoms with E-state index in [1.54, 1.807) is 0 Å². The molecule has 0 aliphatic rings. The van der Waals surface area contributed by atoms with Gasteiger partial charge < -0.3 is 0 Å². The van der Waals surface area contributed by atoms with E-state index in [2.05, 4.69) is 11.3 Å². The number of hydrogen-bond donors (Lipinski definition) is 1. The van der Waals surface area contributed by atoms with Gasteiger partial charge in [0.1, 0.15) is 0 Å². The fourth-order valence-corrected chi connectivity index (χ4v) is 0.0264. The molecule has 4 nitrogen and oxygen atoms in total. The highest BCUT2D eigenvalue weighted by Gasteiger charge is 1.91. The molecule has 0 spiro atoms. The SMILES string of the molecule is N[N]C(=O)[C]=O. The number of nitrogens with zero attached hydrogens (tertiary/aromatic N) is 1. The van der Waals surface area contributed by atoms with Gasteiger partial charge in [0.2, 0.25) is 0 Å². The molecule has 0 atom stereocenters. The zero-order valence-corrected chi connectivity index (χ0v) is 2.84. The predicted octanol–water partition coefficient (Wildman–Crippen LogP) is -1.90. The van der Waals surface area contributed by atoms with Crippen LogP contribution in [0.15, 0.2) is 0 Å². The van der Waals surface area contributed by atoms with Crippen LogP contribution in [-0.4, -0.2) is 12.2 Å². The maximum absolute atomic E-state index is 9.47. The number of carbonyl (C=O) groups is 1. The predicted molar refractivity (Wildman–Crippen MR) is 17.0 cm³/mol. The standard InChI is InChI=1S/C2H2N2O2/c3-4-2(6)1-5/h3H2. The summed E-state index contributed by atoms with van der Waals surface area (Å²) in [5, 5.41) is 0. The molecule has 2 N–H and O–H groups in total. The molecular weight excluding hydrogens is 84.0 g/mol. The molecule has 0 aliphatic heterocycles. The zero-order chi connectivity index (χ0) is 4.99. The second-order valence-electron chi connectivity index (χ2n) is 0.536. The smallest absolute Gasteiger partial charge is 0.279 e. The van der Waals surface area contributed by atoms with Crippen LogP contribution in [-0.2, 0) is 9.59 Å². The largest absolute Gasteiger partial charge is 0.333 e. The summed E-state index contributed by atoms with van der Waals surface area (Å²) in [6.07, 6.45) is 0.934. The topological polar surface area (TPSA) is 74.3 Å². The summed E-state index contributed by atoms with van der Waals surface area (Å²) in [4.78, 5) is 18.6. The maximum Gasteiger partial charge on any atom is 0.333 e. The van der Waals surface area contributed by atoms with E-state index >= 15 is 0 Å². The Morgan fingerprint density at radius 3 is 2.33 bits per heavy atom. The molecule has 0 aromatic carbocycles. The van der Waals surface area contributed by atoms with E-state index in [1.807, 2.05) is 0 Å². The molecule has 0 unspecified atom stereocenters. The summed E-state index contributed by atoms with van der Waals surface area (Å²) in [6.45, 7) is 0. The highest BCUT2D eigenvalue weighted by atomic mass is 16.2. The number of rotatable bonds is 1. The molecule has 0 aromatic heterocycles. The van der Waals surface area contributed by atoms with Gasteiger partial charge in [-0.15, -0.1) is 0 Å². The first-order valence-electron chi connectivity index (χ1n) is 1.14. The van der Waals surface area contributed by atoms with Crippen molar-refractivity contribution in [3.8, 4) is 0 Å². The van der Waals surface area contributed by atoms with Crippen LogP contribution in [0, 0.1) is 0 Å². The van der Waals surface area contributed by atoms with Gasteiger partial charge in [0, 0.05) is 0 Å². The van der Waals surface area contributed by atoms with Crippen LogP contribution in [0.1, 0.15) is 0 Å². The normalized spacial score (nSPS) is 6.83. The molecule has 0 aromatic rings. The lowest BCUT2D eigenvalue weighted by molar-refractivity contribution is -0.115. The highest BCUT2D eigenvalue weighted by molar-refractivity contribution is 6.23. The van der Waals surface area contributed by atoms with Crippen molar-refractivity contribution < 1.29 is 9.59 Å². The third kappa shape index (κ3) is 1.42.